The van der Waals surface area contributed by atoms with E-state index in [9.17, 15) is 0 Å². The maximum Gasteiger partial charge on any atom is 4.00 e. The first-order chi connectivity index (χ1) is 18.6. The Labute approximate surface area is 266 Å². The zero-order chi connectivity index (χ0) is 25.7. The van der Waals surface area contributed by atoms with Crippen molar-refractivity contribution < 1.29 is 25.8 Å². The van der Waals surface area contributed by atoms with Crippen molar-refractivity contribution in [2.75, 3.05) is 0 Å². The molecule has 1 saturated carbocycles. The van der Waals surface area contributed by atoms with E-state index in [0.717, 1.165) is 0 Å². The molecule has 1 aliphatic rings. The third-order valence-electron chi connectivity index (χ3n) is 9.18. The first-order valence-corrected chi connectivity index (χ1v) is 14.2. The number of benzene rings is 4. The van der Waals surface area contributed by atoms with Crippen LogP contribution in [0.25, 0.3) is 43.8 Å². The summed E-state index contributed by atoms with van der Waals surface area (Å²) in [5.41, 5.74) is 11.1. The Kier molecular flexibility index (Phi) is 9.39. The molecule has 1 heteroatoms. The molecule has 0 saturated heterocycles. The molecule has 6 aromatic rings. The van der Waals surface area contributed by atoms with Crippen molar-refractivity contribution >= 4 is 21.5 Å². The summed E-state index contributed by atoms with van der Waals surface area (Å²) in [5.74, 6) is 0. The van der Waals surface area contributed by atoms with Crippen molar-refractivity contribution in [2.45, 2.75) is 51.4 Å². The van der Waals surface area contributed by atoms with Gasteiger partial charge in [-0.2, -0.15) is 12.1 Å². The molecule has 0 spiro atoms. The monoisotopic (exact) mass is 700 g/mol. The molecule has 204 valence electrons. The van der Waals surface area contributed by atoms with Gasteiger partial charge in [0.1, 0.15) is 0 Å². The van der Waals surface area contributed by atoms with Crippen LogP contribution in [0.2, 0.25) is 0 Å². The Bertz CT molecular complexity index is 1640. The van der Waals surface area contributed by atoms with Crippen LogP contribution in [0.1, 0.15) is 54.4 Å². The fourth-order valence-corrected chi connectivity index (χ4v) is 7.14. The molecule has 0 aromatic heterocycles. The van der Waals surface area contributed by atoms with Crippen molar-refractivity contribution in [3.05, 3.63) is 146 Å². The second kappa shape index (κ2) is 12.5. The van der Waals surface area contributed by atoms with Gasteiger partial charge >= 0.3 is 25.8 Å². The van der Waals surface area contributed by atoms with Crippen molar-refractivity contribution in [1.82, 2.24) is 0 Å². The van der Waals surface area contributed by atoms with Crippen molar-refractivity contribution in [1.29, 1.82) is 0 Å². The summed E-state index contributed by atoms with van der Waals surface area (Å²) in [6.07, 6.45) is 6.36. The Morgan fingerprint density at radius 3 is 1.37 bits per heavy atom. The third-order valence-corrected chi connectivity index (χ3v) is 9.18. The van der Waals surface area contributed by atoms with Crippen LogP contribution in [0, 0.1) is 28.7 Å². The second-order valence-corrected chi connectivity index (χ2v) is 11.4. The van der Waals surface area contributed by atoms with Gasteiger partial charge in [0.25, 0.3) is 0 Å². The minimum absolute atomic E-state index is 0. The number of aryl methyl sites for hydroxylation is 2. The van der Waals surface area contributed by atoms with E-state index in [-0.39, 0.29) is 46.1 Å². The molecule has 0 bridgehead atoms. The van der Waals surface area contributed by atoms with E-state index in [1.807, 2.05) is 0 Å². The molecule has 0 N–H and O–H groups in total. The van der Waals surface area contributed by atoms with Crippen LogP contribution in [-0.4, -0.2) is 0 Å². The predicted molar refractivity (Wildman–Crippen MR) is 176 cm³/mol. The fourth-order valence-electron chi connectivity index (χ4n) is 7.14. The quantitative estimate of drug-likeness (QED) is 0.127. The maximum absolute atomic E-state index is 2.53. The summed E-state index contributed by atoms with van der Waals surface area (Å²) < 4.78 is 0. The van der Waals surface area contributed by atoms with Gasteiger partial charge in [-0.1, -0.05) is 91.1 Å². The van der Waals surface area contributed by atoms with Gasteiger partial charge in [0, 0.05) is 0 Å². The molecule has 7 rings (SSSR count). The van der Waals surface area contributed by atoms with Crippen LogP contribution in [0.3, 0.4) is 0 Å². The summed E-state index contributed by atoms with van der Waals surface area (Å²) in [5, 5.41) is 5.50. The van der Waals surface area contributed by atoms with Gasteiger partial charge < -0.3 is 14.9 Å². The summed E-state index contributed by atoms with van der Waals surface area (Å²) in [6.45, 7) is 4.45. The molecular weight excluding hydrogens is 659 g/mol. The van der Waals surface area contributed by atoms with Gasteiger partial charge in [-0.05, 0) is 54.4 Å². The first kappa shape index (κ1) is 30.9. The molecule has 0 atom stereocenters. The zero-order valence-electron chi connectivity index (χ0n) is 24.9. The Morgan fingerprint density at radius 1 is 0.512 bits per heavy atom. The minimum atomic E-state index is 0. The van der Waals surface area contributed by atoms with E-state index in [4.69, 9.17) is 0 Å². The molecule has 0 heterocycles. The van der Waals surface area contributed by atoms with Gasteiger partial charge in [0.05, 0.1) is 0 Å². The smallest absolute Gasteiger partial charge is 0.358 e. The molecule has 1 fully saturated rings. The van der Waals surface area contributed by atoms with E-state index < -0.39 is 0 Å². The molecule has 0 nitrogen and oxygen atoms in total. The first-order valence-electron chi connectivity index (χ1n) is 14.2. The van der Waals surface area contributed by atoms with Gasteiger partial charge in [-0.3, -0.25) is 0 Å². The van der Waals surface area contributed by atoms with E-state index in [1.165, 1.54) is 98.2 Å². The molecule has 0 amide bonds. The standard InChI is InChI=1S/C38H34.2CH3.Hf/c1-26-12-4-6-16-32(26)34-18-10-14-28-22-30(24-36(28)34)38(20-8-3-9-21-38)31-23-29-15-11-19-35(37(29)25-31)33-17-7-5-13-27(33)2;;;/h4-7,10-19,22-25H,3,8-9,20-21H2,1-2H3;2*1H3;/q-2;2*-1;+4. The SMILES string of the molecule is Cc1ccccc1-c1cccc2[cH-]c(C3(c4cc5c(-c6ccccc6C)cccc5[cH-]4)CCCCC3)cc12.[CH3-].[CH3-].[Hf+4]. The molecule has 0 unspecified atom stereocenters. The third kappa shape index (κ3) is 5.23. The normalized spacial score (nSPS) is 14.2. The van der Waals surface area contributed by atoms with Crippen LogP contribution in [0.4, 0.5) is 0 Å². The van der Waals surface area contributed by atoms with E-state index in [1.54, 1.807) is 0 Å². The van der Waals surface area contributed by atoms with Crippen LogP contribution in [0.5, 0.6) is 0 Å². The number of fused-ring (bicyclic) bond motifs is 2. The molecule has 6 aromatic carbocycles. The number of rotatable bonds is 4. The van der Waals surface area contributed by atoms with Gasteiger partial charge in [0.2, 0.25) is 0 Å². The number of hydrogen-bond acceptors (Lipinski definition) is 0. The summed E-state index contributed by atoms with van der Waals surface area (Å²) in [6, 6.07) is 41.3. The molecular formula is C40H40Hf. The van der Waals surface area contributed by atoms with Crippen molar-refractivity contribution in [2.24, 2.45) is 0 Å². The molecule has 41 heavy (non-hydrogen) atoms. The molecule has 1 aliphatic carbocycles. The maximum atomic E-state index is 2.53. The summed E-state index contributed by atoms with van der Waals surface area (Å²) in [4.78, 5) is 0. The zero-order valence-corrected chi connectivity index (χ0v) is 28.5. The minimum Gasteiger partial charge on any atom is -0.358 e. The average Bonchev–Trinajstić information content (AvgIpc) is 3.60. The molecule has 0 radical (unpaired) electrons. The van der Waals surface area contributed by atoms with Crippen LogP contribution in [0.15, 0.2) is 109 Å². The Morgan fingerprint density at radius 2 is 0.927 bits per heavy atom. The van der Waals surface area contributed by atoms with Crippen molar-refractivity contribution in [3.8, 4) is 22.3 Å². The molecule has 0 aliphatic heterocycles. The summed E-state index contributed by atoms with van der Waals surface area (Å²) in [7, 11) is 0. The average molecular weight is 699 g/mol. The fraction of sp³-hybridized carbons (Fsp3) is 0.200. The van der Waals surface area contributed by atoms with Gasteiger partial charge in [-0.15, -0.1) is 69.1 Å². The number of hydrogen-bond donors (Lipinski definition) is 0. The van der Waals surface area contributed by atoms with Crippen LogP contribution in [-0.2, 0) is 31.3 Å². The van der Waals surface area contributed by atoms with Crippen molar-refractivity contribution in [3.63, 3.8) is 0 Å². The second-order valence-electron chi connectivity index (χ2n) is 11.4. The van der Waals surface area contributed by atoms with Crippen LogP contribution >= 0.6 is 0 Å². The largest absolute Gasteiger partial charge is 4.00 e. The van der Waals surface area contributed by atoms with E-state index >= 15 is 0 Å². The van der Waals surface area contributed by atoms with Gasteiger partial charge in [-0.25, -0.2) is 0 Å². The van der Waals surface area contributed by atoms with Gasteiger partial charge in [0.15, 0.2) is 0 Å². The van der Waals surface area contributed by atoms with E-state index in [2.05, 4.69) is 123 Å². The van der Waals surface area contributed by atoms with Crippen LogP contribution < -0.4 is 0 Å². The van der Waals surface area contributed by atoms with E-state index in [0.29, 0.717) is 0 Å². The predicted octanol–water partition coefficient (Wildman–Crippen LogP) is 11.5. The Balaban J connectivity index is 0.00000129. The topological polar surface area (TPSA) is 0 Å². The summed E-state index contributed by atoms with van der Waals surface area (Å²) >= 11 is 0. The Hall–Kier alpha value is -3.03.